The van der Waals surface area contributed by atoms with Crippen LogP contribution in [0.25, 0.3) is 11.1 Å². The first-order valence-corrected chi connectivity index (χ1v) is 8.72. The van der Waals surface area contributed by atoms with Crippen molar-refractivity contribution >= 4 is 32.4 Å². The molecule has 8 nitrogen and oxygen atoms in total. The van der Waals surface area contributed by atoms with Crippen LogP contribution in [0.5, 0.6) is 0 Å². The fourth-order valence-corrected chi connectivity index (χ4v) is 3.20. The van der Waals surface area contributed by atoms with E-state index < -0.39 is 25.9 Å². The monoisotopic (exact) mass is 346 g/mol. The Morgan fingerprint density at radius 3 is 1.55 bits per heavy atom. The second-order valence-corrected chi connectivity index (χ2v) is 7.37. The van der Waals surface area contributed by atoms with Crippen molar-refractivity contribution in [2.75, 3.05) is 11.5 Å². The van der Waals surface area contributed by atoms with Crippen LogP contribution < -0.4 is 11.5 Å². The fraction of sp³-hybridized carbons (Fsp3) is 0. The highest BCUT2D eigenvalue weighted by Gasteiger charge is 2.21. The van der Waals surface area contributed by atoms with Gasteiger partial charge >= 0.3 is 0 Å². The maximum atomic E-state index is 11.3. The molecule has 0 atom stereocenters. The van der Waals surface area contributed by atoms with E-state index in [4.69, 9.17) is 16.0 Å². The van der Waals surface area contributed by atoms with Crippen molar-refractivity contribution in [2.24, 2.45) is 0 Å². The largest absolute Gasteiger partial charge is 0.398 e. The van der Waals surface area contributed by atoms with Gasteiger partial charge in [0.25, 0.3) is 10.1 Å². The molecule has 0 aliphatic rings. The number of hydrogen-bond donors (Lipinski definition) is 6. The molecule has 0 aliphatic carbocycles. The zero-order chi connectivity index (χ0) is 16.7. The van der Waals surface area contributed by atoms with Gasteiger partial charge in [-0.25, -0.2) is 0 Å². The van der Waals surface area contributed by atoms with Crippen molar-refractivity contribution in [1.29, 1.82) is 0 Å². The van der Waals surface area contributed by atoms with Crippen molar-refractivity contribution in [3.05, 3.63) is 36.4 Å². The van der Waals surface area contributed by atoms with Crippen molar-refractivity contribution in [3.63, 3.8) is 0 Å². The summed E-state index contributed by atoms with van der Waals surface area (Å²) >= 11 is 0. The molecule has 120 valence electrons. The average Bonchev–Trinajstić information content (AvgIpc) is 2.37. The Kier molecular flexibility index (Phi) is 4.08. The lowest BCUT2D eigenvalue weighted by atomic mass is 10.1. The van der Waals surface area contributed by atoms with Crippen LogP contribution in [0.3, 0.4) is 0 Å². The minimum Gasteiger partial charge on any atom is -0.398 e. The topological polar surface area (TPSA) is 167 Å². The van der Waals surface area contributed by atoms with E-state index in [1.165, 1.54) is 30.3 Å². The van der Waals surface area contributed by atoms with Gasteiger partial charge in [0, 0.05) is 0 Å². The number of nitrogens with two attached hydrogens (primary N) is 2. The van der Waals surface area contributed by atoms with E-state index in [0.29, 0.717) is 11.1 Å². The second kappa shape index (κ2) is 5.43. The molecule has 2 aromatic rings. The molecule has 22 heavy (non-hydrogen) atoms. The molecule has 2 rings (SSSR count). The van der Waals surface area contributed by atoms with Crippen LogP contribution in [-0.2, 0) is 10.1 Å². The molecule has 0 unspecified atom stereocenters. The van der Waals surface area contributed by atoms with Gasteiger partial charge < -0.3 is 25.1 Å². The van der Waals surface area contributed by atoms with Crippen LogP contribution >= 0.6 is 10.9 Å². The van der Waals surface area contributed by atoms with Crippen molar-refractivity contribution in [1.82, 2.24) is 0 Å². The van der Waals surface area contributed by atoms with Crippen LogP contribution in [0, 0.1) is 0 Å². The third kappa shape index (κ3) is 3.32. The van der Waals surface area contributed by atoms with Gasteiger partial charge in [-0.2, -0.15) is 8.42 Å². The molecule has 0 saturated carbocycles. The Morgan fingerprint density at radius 1 is 0.727 bits per heavy atom. The molecular weight excluding hydrogens is 332 g/mol. The summed E-state index contributed by atoms with van der Waals surface area (Å²) in [5.41, 5.74) is 11.6. The van der Waals surface area contributed by atoms with Gasteiger partial charge in [0.05, 0.1) is 16.3 Å². The van der Waals surface area contributed by atoms with Crippen LogP contribution in [0.1, 0.15) is 0 Å². The number of hydrogen-bond acceptors (Lipinski definition) is 7. The molecule has 0 amide bonds. The predicted molar refractivity (Wildman–Crippen MR) is 84.3 cm³/mol. The second-order valence-electron chi connectivity index (χ2n) is 4.50. The predicted octanol–water partition coefficient (Wildman–Crippen LogP) is 2.35. The first-order chi connectivity index (χ1) is 10.00. The molecule has 0 aromatic heterocycles. The quantitative estimate of drug-likeness (QED) is 0.363. The molecular formula is C12H14N2O6S2. The summed E-state index contributed by atoms with van der Waals surface area (Å²) in [5, 5.41) is 0. The molecule has 0 aliphatic heterocycles. The lowest BCUT2D eigenvalue weighted by Gasteiger charge is -2.21. The smallest absolute Gasteiger partial charge is 0.296 e. The van der Waals surface area contributed by atoms with Gasteiger partial charge in [-0.05, 0) is 35.4 Å². The van der Waals surface area contributed by atoms with E-state index in [-0.39, 0.29) is 16.3 Å². The molecule has 0 heterocycles. The highest BCUT2D eigenvalue weighted by molar-refractivity contribution is 8.19. The van der Waals surface area contributed by atoms with Gasteiger partial charge in [0.15, 0.2) is 0 Å². The van der Waals surface area contributed by atoms with E-state index in [9.17, 15) is 22.1 Å². The Labute approximate surface area is 128 Å². The van der Waals surface area contributed by atoms with Gasteiger partial charge in [0.1, 0.15) is 15.8 Å². The summed E-state index contributed by atoms with van der Waals surface area (Å²) in [6, 6.07) is 7.92. The number of anilines is 2. The first-order valence-electron chi connectivity index (χ1n) is 5.78. The minimum absolute atomic E-state index is 0.0308. The zero-order valence-electron chi connectivity index (χ0n) is 11.0. The molecule has 10 heteroatoms. The molecule has 8 N–H and O–H groups in total. The van der Waals surface area contributed by atoms with Gasteiger partial charge in [-0.15, -0.1) is 0 Å². The number of nitrogen functional groups attached to an aromatic ring is 2. The molecule has 0 bridgehead atoms. The average molecular weight is 346 g/mol. The maximum Gasteiger partial charge on any atom is 0.296 e. The zero-order valence-corrected chi connectivity index (χ0v) is 12.7. The van der Waals surface area contributed by atoms with Crippen molar-refractivity contribution in [3.8, 4) is 11.1 Å². The molecule has 0 spiro atoms. The van der Waals surface area contributed by atoms with Crippen molar-refractivity contribution in [2.45, 2.75) is 9.79 Å². The molecule has 0 fully saturated rings. The van der Waals surface area contributed by atoms with E-state index in [0.717, 1.165) is 6.07 Å². The lowest BCUT2D eigenvalue weighted by Crippen LogP contribution is -2.04. The summed E-state index contributed by atoms with van der Waals surface area (Å²) in [5.74, 6) is 0. The van der Waals surface area contributed by atoms with Crippen LogP contribution in [0.15, 0.2) is 46.2 Å². The third-order valence-electron chi connectivity index (χ3n) is 2.93. The van der Waals surface area contributed by atoms with Crippen LogP contribution in [-0.4, -0.2) is 26.6 Å². The highest BCUT2D eigenvalue weighted by atomic mass is 32.3. The summed E-state index contributed by atoms with van der Waals surface area (Å²) in [7, 11) is -8.53. The Bertz CT molecular complexity index is 830. The molecule has 0 radical (unpaired) electrons. The summed E-state index contributed by atoms with van der Waals surface area (Å²) in [6.07, 6.45) is 0. The number of rotatable bonds is 3. The number of benzene rings is 2. The summed E-state index contributed by atoms with van der Waals surface area (Å²) in [6.45, 7) is 0. The van der Waals surface area contributed by atoms with E-state index in [1.807, 2.05) is 0 Å². The third-order valence-corrected chi connectivity index (χ3v) is 4.79. The SMILES string of the molecule is Nc1ccc(-c2ccc(N)c(S(=O)(=O)O)c2)cc1S(O)(O)O. The fourth-order valence-electron chi connectivity index (χ4n) is 1.89. The minimum atomic E-state index is -4.50. The Balaban J connectivity index is 2.64. The highest BCUT2D eigenvalue weighted by Crippen LogP contribution is 2.48. The lowest BCUT2D eigenvalue weighted by molar-refractivity contribution is 0.376. The van der Waals surface area contributed by atoms with E-state index in [2.05, 4.69) is 0 Å². The van der Waals surface area contributed by atoms with Gasteiger partial charge in [-0.3, -0.25) is 4.55 Å². The summed E-state index contributed by atoms with van der Waals surface area (Å²) in [4.78, 5) is -0.755. The van der Waals surface area contributed by atoms with Crippen LogP contribution in [0.4, 0.5) is 11.4 Å². The van der Waals surface area contributed by atoms with Gasteiger partial charge in [-0.1, -0.05) is 12.1 Å². The molecule has 0 saturated heterocycles. The van der Waals surface area contributed by atoms with Crippen molar-refractivity contribution < 1.29 is 26.6 Å². The van der Waals surface area contributed by atoms with E-state index >= 15 is 0 Å². The first kappa shape index (κ1) is 16.5. The van der Waals surface area contributed by atoms with Crippen LogP contribution in [0.2, 0.25) is 0 Å². The standard InChI is InChI=1S/C12H14N2O6S2/c13-9-3-1-7(5-11(9)21(15,16)17)8-2-4-10(14)12(6-8)22(18,19)20/h1-6,15-17H,13-14H2,(H,18,19,20). The summed E-state index contributed by atoms with van der Waals surface area (Å²) < 4.78 is 59.6. The normalized spacial score (nSPS) is 13.1. The van der Waals surface area contributed by atoms with Gasteiger partial charge in [0.2, 0.25) is 0 Å². The molecule has 2 aromatic carbocycles. The Hall–Kier alpha value is -1.82. The van der Waals surface area contributed by atoms with E-state index in [1.54, 1.807) is 0 Å². The Morgan fingerprint density at radius 2 is 1.14 bits per heavy atom. The maximum absolute atomic E-state index is 11.3.